The number of nitrogens with zero attached hydrogens (tertiary/aromatic N) is 2. The number of carbonyl (C=O) groups is 2. The minimum Gasteiger partial charge on any atom is -0.467 e. The molecule has 0 unspecified atom stereocenters. The number of benzene rings is 2. The van der Waals surface area contributed by atoms with E-state index in [1.165, 1.54) is 7.11 Å². The minimum absolute atomic E-state index is 0.00594. The van der Waals surface area contributed by atoms with Crippen molar-refractivity contribution in [3.8, 4) is 0 Å². The molecule has 0 aliphatic rings. The molecule has 8 heteroatoms. The lowest BCUT2D eigenvalue weighted by atomic mass is 10.0. The molecule has 3 rings (SSSR count). The van der Waals surface area contributed by atoms with Crippen LogP contribution in [-0.2, 0) is 16.1 Å². The van der Waals surface area contributed by atoms with Gasteiger partial charge < -0.3 is 15.4 Å². The van der Waals surface area contributed by atoms with E-state index in [2.05, 4.69) is 20.6 Å². The van der Waals surface area contributed by atoms with E-state index in [0.29, 0.717) is 17.2 Å². The van der Waals surface area contributed by atoms with Gasteiger partial charge in [-0.3, -0.25) is 4.79 Å². The zero-order valence-corrected chi connectivity index (χ0v) is 18.8. The van der Waals surface area contributed by atoms with Crippen LogP contribution in [0.2, 0.25) is 0 Å². The van der Waals surface area contributed by atoms with Gasteiger partial charge in [-0.15, -0.1) is 11.8 Å². The van der Waals surface area contributed by atoms with Gasteiger partial charge in [-0.05, 0) is 48.6 Å². The first-order chi connectivity index (χ1) is 14.9. The smallest absolute Gasteiger partial charge is 0.328 e. The average molecular weight is 439 g/mol. The highest BCUT2D eigenvalue weighted by atomic mass is 32.2. The first kappa shape index (κ1) is 22.6. The minimum atomic E-state index is -0.555. The van der Waals surface area contributed by atoms with Gasteiger partial charge >= 0.3 is 5.97 Å². The second-order valence-corrected chi connectivity index (χ2v) is 8.19. The number of nitrogens with one attached hydrogen (secondary N) is 2. The molecule has 1 atom stereocenters. The van der Waals surface area contributed by atoms with Crippen LogP contribution in [0.5, 0.6) is 0 Å². The van der Waals surface area contributed by atoms with Gasteiger partial charge in [0.15, 0.2) is 5.82 Å². The van der Waals surface area contributed by atoms with E-state index in [4.69, 9.17) is 4.74 Å². The zero-order valence-electron chi connectivity index (χ0n) is 18.0. The third-order valence-electron chi connectivity index (χ3n) is 4.82. The maximum absolute atomic E-state index is 12.5. The standard InChI is InChI=1S/C23H26N4O3S/c1-14(2)20(23(29)30-3)27-21-17-7-5-6-8-18(17)25-19(26-21)13-24-22(28)15-9-11-16(31-4)12-10-15/h5-12,14,20H,13H2,1-4H3,(H,24,28)(H,25,26,27)/t20-/m0/s1. The van der Waals surface area contributed by atoms with Crippen molar-refractivity contribution in [1.29, 1.82) is 0 Å². The van der Waals surface area contributed by atoms with Crippen molar-refractivity contribution in [2.45, 2.75) is 31.3 Å². The van der Waals surface area contributed by atoms with Gasteiger partial charge in [-0.2, -0.15) is 0 Å². The summed E-state index contributed by atoms with van der Waals surface area (Å²) < 4.78 is 4.93. The molecule has 0 saturated heterocycles. The van der Waals surface area contributed by atoms with E-state index in [9.17, 15) is 9.59 Å². The van der Waals surface area contributed by atoms with Crippen molar-refractivity contribution >= 4 is 40.4 Å². The number of esters is 1. The first-order valence-electron chi connectivity index (χ1n) is 9.95. The Kier molecular flexibility index (Phi) is 7.46. The SMILES string of the molecule is COC(=O)[C@@H](Nc1nc(CNC(=O)c2ccc(SC)cc2)nc2ccccc12)C(C)C. The molecule has 1 heterocycles. The van der Waals surface area contributed by atoms with Crippen molar-refractivity contribution in [1.82, 2.24) is 15.3 Å². The molecular weight excluding hydrogens is 412 g/mol. The molecule has 0 fully saturated rings. The number of ether oxygens (including phenoxy) is 1. The number of thioether (sulfide) groups is 1. The Morgan fingerprint density at radius 1 is 1.06 bits per heavy atom. The Hall–Kier alpha value is -3.13. The van der Waals surface area contributed by atoms with Crippen LogP contribution < -0.4 is 10.6 Å². The summed E-state index contributed by atoms with van der Waals surface area (Å²) in [4.78, 5) is 35.0. The van der Waals surface area contributed by atoms with E-state index in [-0.39, 0.29) is 24.3 Å². The number of rotatable bonds is 8. The van der Waals surface area contributed by atoms with Crippen LogP contribution in [0.1, 0.15) is 30.0 Å². The highest BCUT2D eigenvalue weighted by Gasteiger charge is 2.24. The number of para-hydroxylation sites is 1. The van der Waals surface area contributed by atoms with Crippen LogP contribution in [-0.4, -0.2) is 41.3 Å². The van der Waals surface area contributed by atoms with Gasteiger partial charge in [0.05, 0.1) is 19.2 Å². The summed E-state index contributed by atoms with van der Waals surface area (Å²) in [7, 11) is 1.37. The van der Waals surface area contributed by atoms with Crippen molar-refractivity contribution in [2.24, 2.45) is 5.92 Å². The Balaban J connectivity index is 1.84. The highest BCUT2D eigenvalue weighted by Crippen LogP contribution is 2.23. The number of fused-ring (bicyclic) bond motifs is 1. The summed E-state index contributed by atoms with van der Waals surface area (Å²) in [5.74, 6) is 0.411. The molecule has 0 aliphatic heterocycles. The summed E-state index contributed by atoms with van der Waals surface area (Å²) >= 11 is 1.62. The molecule has 0 bridgehead atoms. The van der Waals surface area contributed by atoms with Gasteiger partial charge in [0.2, 0.25) is 0 Å². The molecule has 2 N–H and O–H groups in total. The molecule has 7 nitrogen and oxygen atoms in total. The number of hydrogen-bond acceptors (Lipinski definition) is 7. The molecule has 31 heavy (non-hydrogen) atoms. The van der Waals surface area contributed by atoms with Gasteiger partial charge in [0.25, 0.3) is 5.91 Å². The topological polar surface area (TPSA) is 93.2 Å². The van der Waals surface area contributed by atoms with Crippen LogP contribution in [0.3, 0.4) is 0 Å². The van der Waals surface area contributed by atoms with Gasteiger partial charge in [0.1, 0.15) is 11.9 Å². The van der Waals surface area contributed by atoms with Gasteiger partial charge in [-0.1, -0.05) is 26.0 Å². The van der Waals surface area contributed by atoms with Crippen molar-refractivity contribution in [3.63, 3.8) is 0 Å². The molecule has 1 amide bonds. The third-order valence-corrected chi connectivity index (χ3v) is 5.57. The molecule has 0 spiro atoms. The fraction of sp³-hybridized carbons (Fsp3) is 0.304. The molecule has 1 aromatic heterocycles. The number of carbonyl (C=O) groups excluding carboxylic acids is 2. The Bertz CT molecular complexity index is 1070. The predicted octanol–water partition coefficient (Wildman–Crippen LogP) is 3.89. The maximum atomic E-state index is 12.5. The van der Waals surface area contributed by atoms with E-state index >= 15 is 0 Å². The lowest BCUT2D eigenvalue weighted by molar-refractivity contribution is -0.142. The molecule has 162 valence electrons. The molecule has 0 saturated carbocycles. The number of aromatic nitrogens is 2. The average Bonchev–Trinajstić information content (AvgIpc) is 2.80. The van der Waals surface area contributed by atoms with E-state index in [1.807, 2.05) is 56.5 Å². The number of anilines is 1. The monoisotopic (exact) mass is 438 g/mol. The van der Waals surface area contributed by atoms with Crippen LogP contribution in [0.25, 0.3) is 10.9 Å². The second kappa shape index (κ2) is 10.3. The quantitative estimate of drug-likeness (QED) is 0.407. The fourth-order valence-corrected chi connectivity index (χ4v) is 3.50. The summed E-state index contributed by atoms with van der Waals surface area (Å²) in [6.07, 6.45) is 1.99. The zero-order chi connectivity index (χ0) is 22.4. The number of methoxy groups -OCH3 is 1. The Labute approximate surface area is 186 Å². The molecule has 0 radical (unpaired) electrons. The third kappa shape index (κ3) is 5.52. The van der Waals surface area contributed by atoms with Crippen molar-refractivity contribution in [3.05, 3.63) is 59.9 Å². The molecule has 0 aliphatic carbocycles. The molecule has 3 aromatic rings. The fourth-order valence-electron chi connectivity index (χ4n) is 3.09. The summed E-state index contributed by atoms with van der Waals surface area (Å²) in [6.45, 7) is 4.02. The van der Waals surface area contributed by atoms with Gasteiger partial charge in [0, 0.05) is 15.8 Å². The van der Waals surface area contributed by atoms with Crippen LogP contribution in [0, 0.1) is 5.92 Å². The molecular formula is C23H26N4O3S. The van der Waals surface area contributed by atoms with E-state index in [0.717, 1.165) is 15.8 Å². The van der Waals surface area contributed by atoms with Crippen molar-refractivity contribution < 1.29 is 14.3 Å². The van der Waals surface area contributed by atoms with Crippen molar-refractivity contribution in [2.75, 3.05) is 18.7 Å². The maximum Gasteiger partial charge on any atom is 0.328 e. The molecule has 2 aromatic carbocycles. The largest absolute Gasteiger partial charge is 0.467 e. The van der Waals surface area contributed by atoms with Crippen LogP contribution in [0.15, 0.2) is 53.4 Å². The van der Waals surface area contributed by atoms with Gasteiger partial charge in [-0.25, -0.2) is 14.8 Å². The van der Waals surface area contributed by atoms with Crippen LogP contribution in [0.4, 0.5) is 5.82 Å². The van der Waals surface area contributed by atoms with Crippen LogP contribution >= 0.6 is 11.8 Å². The lowest BCUT2D eigenvalue weighted by Crippen LogP contribution is -2.36. The summed E-state index contributed by atoms with van der Waals surface area (Å²) in [5, 5.41) is 6.86. The highest BCUT2D eigenvalue weighted by molar-refractivity contribution is 7.98. The van der Waals surface area contributed by atoms with E-state index < -0.39 is 6.04 Å². The normalized spacial score (nSPS) is 11.9. The lowest BCUT2D eigenvalue weighted by Gasteiger charge is -2.21. The Morgan fingerprint density at radius 3 is 2.42 bits per heavy atom. The van der Waals surface area contributed by atoms with E-state index in [1.54, 1.807) is 23.9 Å². The number of amides is 1. The summed E-state index contributed by atoms with van der Waals surface area (Å²) in [6, 6.07) is 14.4. The summed E-state index contributed by atoms with van der Waals surface area (Å²) in [5.41, 5.74) is 1.29. The first-order valence-corrected chi connectivity index (χ1v) is 11.2. The Morgan fingerprint density at radius 2 is 1.77 bits per heavy atom. The number of hydrogen-bond donors (Lipinski definition) is 2. The second-order valence-electron chi connectivity index (χ2n) is 7.31. The predicted molar refractivity (Wildman–Crippen MR) is 123 cm³/mol.